The van der Waals surface area contributed by atoms with Gasteiger partial charge in [-0.25, -0.2) is 0 Å². The molecule has 200 valence electrons. The fourth-order valence-corrected chi connectivity index (χ4v) is 8.20. The molecule has 0 radical (unpaired) electrons. The molecular formula is C32H20BrN3O5. The maximum Gasteiger partial charge on any atom is 0.269 e. The summed E-state index contributed by atoms with van der Waals surface area (Å²) in [4.78, 5) is 56.5. The largest absolute Gasteiger partial charge is 0.356 e. The number of hydrogen-bond acceptors (Lipinski definition) is 6. The van der Waals surface area contributed by atoms with Gasteiger partial charge in [-0.15, -0.1) is 0 Å². The Balaban J connectivity index is 1.48. The molecule has 2 aliphatic heterocycles. The third kappa shape index (κ3) is 2.91. The van der Waals surface area contributed by atoms with Crippen molar-refractivity contribution in [2.45, 2.75) is 17.5 Å². The highest BCUT2D eigenvalue weighted by atomic mass is 79.9. The number of nitrogens with one attached hydrogen (secondary N) is 1. The lowest BCUT2D eigenvalue weighted by Crippen LogP contribution is -2.62. The van der Waals surface area contributed by atoms with Gasteiger partial charge < -0.3 is 10.2 Å². The van der Waals surface area contributed by atoms with Crippen LogP contribution in [0.15, 0.2) is 95.5 Å². The second kappa shape index (κ2) is 8.20. The summed E-state index contributed by atoms with van der Waals surface area (Å²) in [5.74, 6) is -2.57. The van der Waals surface area contributed by atoms with E-state index in [4.69, 9.17) is 0 Å². The lowest BCUT2D eigenvalue weighted by Gasteiger charge is -2.54. The van der Waals surface area contributed by atoms with Gasteiger partial charge in [-0.3, -0.25) is 24.5 Å². The Morgan fingerprint density at radius 3 is 1.90 bits per heavy atom. The maximum atomic E-state index is 14.5. The molecule has 8 rings (SSSR count). The average Bonchev–Trinajstić information content (AvgIpc) is 3.55. The predicted octanol–water partition coefficient (Wildman–Crippen LogP) is 6.18. The second-order valence-electron chi connectivity index (χ2n) is 10.9. The lowest BCUT2D eigenvalue weighted by molar-refractivity contribution is -0.384. The number of hydrogen-bond donors (Lipinski definition) is 1. The smallest absolute Gasteiger partial charge is 0.269 e. The average molecular weight is 606 g/mol. The van der Waals surface area contributed by atoms with Crippen molar-refractivity contribution < 1.29 is 19.3 Å². The summed E-state index contributed by atoms with van der Waals surface area (Å²) in [6, 6.07) is 25.2. The molecule has 4 aromatic rings. The number of carbonyl (C=O) groups excluding carboxylic acids is 3. The zero-order valence-electron chi connectivity index (χ0n) is 21.3. The van der Waals surface area contributed by atoms with Gasteiger partial charge in [-0.05, 0) is 47.0 Å². The highest BCUT2D eigenvalue weighted by molar-refractivity contribution is 9.10. The Kier molecular flexibility index (Phi) is 4.84. The van der Waals surface area contributed by atoms with Crippen molar-refractivity contribution in [2.75, 3.05) is 10.2 Å². The SMILES string of the molecule is O=C1c2ccccc2C2C1C1(C(=O)Nc3ccc(Br)cc31)C1C(=O)c3ccccc3C1N2c1ccc([N+](=O)[O-])cc1. The number of carbonyl (C=O) groups is 3. The summed E-state index contributed by atoms with van der Waals surface area (Å²) >= 11 is 3.56. The quantitative estimate of drug-likeness (QED) is 0.216. The van der Waals surface area contributed by atoms with Gasteiger partial charge >= 0.3 is 0 Å². The molecule has 0 aromatic heterocycles. The number of anilines is 2. The molecule has 4 unspecified atom stereocenters. The first-order valence-electron chi connectivity index (χ1n) is 13.2. The molecule has 41 heavy (non-hydrogen) atoms. The molecule has 1 amide bonds. The van der Waals surface area contributed by atoms with Gasteiger partial charge in [0.25, 0.3) is 5.69 Å². The Morgan fingerprint density at radius 2 is 1.34 bits per heavy atom. The molecule has 1 spiro atoms. The molecule has 1 saturated heterocycles. The normalized spacial score (nSPS) is 26.8. The molecule has 8 nitrogen and oxygen atoms in total. The summed E-state index contributed by atoms with van der Waals surface area (Å²) < 4.78 is 0.740. The van der Waals surface area contributed by atoms with Crippen molar-refractivity contribution in [3.63, 3.8) is 0 Å². The Bertz CT molecular complexity index is 1800. The van der Waals surface area contributed by atoms with Crippen molar-refractivity contribution in [1.29, 1.82) is 0 Å². The van der Waals surface area contributed by atoms with Gasteiger partial charge in [0, 0.05) is 39.1 Å². The van der Waals surface area contributed by atoms with Crippen LogP contribution in [0, 0.1) is 22.0 Å². The molecule has 0 saturated carbocycles. The van der Waals surface area contributed by atoms with E-state index in [0.29, 0.717) is 28.1 Å². The maximum absolute atomic E-state index is 14.5. The van der Waals surface area contributed by atoms with Crippen molar-refractivity contribution in [1.82, 2.24) is 0 Å². The third-order valence-electron chi connectivity index (χ3n) is 9.28. The van der Waals surface area contributed by atoms with Crippen LogP contribution in [0.1, 0.15) is 49.5 Å². The monoisotopic (exact) mass is 605 g/mol. The van der Waals surface area contributed by atoms with E-state index in [-0.39, 0.29) is 23.2 Å². The number of amides is 1. The number of benzene rings is 4. The molecular weight excluding hydrogens is 586 g/mol. The van der Waals surface area contributed by atoms with Crippen molar-refractivity contribution in [3.05, 3.63) is 133 Å². The molecule has 2 aliphatic carbocycles. The van der Waals surface area contributed by atoms with Crippen molar-refractivity contribution in [2.24, 2.45) is 11.8 Å². The first kappa shape index (κ1) is 24.2. The van der Waals surface area contributed by atoms with E-state index in [0.717, 1.165) is 15.6 Å². The fourth-order valence-electron chi connectivity index (χ4n) is 7.84. The van der Waals surface area contributed by atoms with E-state index in [1.54, 1.807) is 42.5 Å². The Morgan fingerprint density at radius 1 is 0.780 bits per heavy atom. The molecule has 0 bridgehead atoms. The van der Waals surface area contributed by atoms with Gasteiger partial charge in [0.2, 0.25) is 5.91 Å². The van der Waals surface area contributed by atoms with Crippen LogP contribution in [0.4, 0.5) is 17.1 Å². The molecule has 2 heterocycles. The number of halogens is 1. The fraction of sp³-hybridized carbons (Fsp3) is 0.156. The molecule has 9 heteroatoms. The highest BCUT2D eigenvalue weighted by Crippen LogP contribution is 2.67. The number of nitro benzene ring substituents is 1. The number of nitrogens with zero attached hydrogens (tertiary/aromatic N) is 2. The van der Waals surface area contributed by atoms with Crippen molar-refractivity contribution >= 4 is 50.5 Å². The number of non-ortho nitro benzene ring substituents is 1. The third-order valence-corrected chi connectivity index (χ3v) is 9.77. The number of ketones is 2. The Hall–Kier alpha value is -4.63. The van der Waals surface area contributed by atoms with Gasteiger partial charge in [0.05, 0.1) is 28.8 Å². The lowest BCUT2D eigenvalue weighted by atomic mass is 9.55. The topological polar surface area (TPSA) is 110 Å². The van der Waals surface area contributed by atoms with Crippen LogP contribution in [-0.4, -0.2) is 22.4 Å². The molecule has 4 atom stereocenters. The van der Waals surface area contributed by atoms with Crippen LogP contribution < -0.4 is 10.2 Å². The number of rotatable bonds is 2. The van der Waals surface area contributed by atoms with Crippen LogP contribution in [-0.2, 0) is 10.2 Å². The van der Waals surface area contributed by atoms with E-state index in [2.05, 4.69) is 26.1 Å². The first-order chi connectivity index (χ1) is 19.8. The van der Waals surface area contributed by atoms with Crippen LogP contribution >= 0.6 is 15.9 Å². The summed E-state index contributed by atoms with van der Waals surface area (Å²) in [5.41, 5.74) is 2.90. The minimum absolute atomic E-state index is 0.0601. The minimum atomic E-state index is -1.47. The minimum Gasteiger partial charge on any atom is -0.356 e. The van der Waals surface area contributed by atoms with E-state index in [1.807, 2.05) is 36.4 Å². The predicted molar refractivity (Wildman–Crippen MR) is 154 cm³/mol. The zero-order valence-corrected chi connectivity index (χ0v) is 22.9. The number of Topliss-reactive ketones (excluding diaryl/α,β-unsaturated/α-hetero) is 2. The van der Waals surface area contributed by atoms with Gasteiger partial charge in [0.1, 0.15) is 5.41 Å². The van der Waals surface area contributed by atoms with Gasteiger partial charge in [-0.1, -0.05) is 64.5 Å². The summed E-state index contributed by atoms with van der Waals surface area (Å²) in [6.45, 7) is 0. The zero-order chi connectivity index (χ0) is 28.2. The highest BCUT2D eigenvalue weighted by Gasteiger charge is 2.73. The number of nitro groups is 1. The van der Waals surface area contributed by atoms with E-state index in [9.17, 15) is 24.5 Å². The van der Waals surface area contributed by atoms with Crippen LogP contribution in [0.2, 0.25) is 0 Å². The van der Waals surface area contributed by atoms with Crippen LogP contribution in [0.5, 0.6) is 0 Å². The Labute approximate surface area is 242 Å². The first-order valence-corrected chi connectivity index (χ1v) is 14.0. The number of piperidine rings is 1. The summed E-state index contributed by atoms with van der Waals surface area (Å²) in [6.07, 6.45) is 0. The van der Waals surface area contributed by atoms with Crippen molar-refractivity contribution in [3.8, 4) is 0 Å². The second-order valence-corrected chi connectivity index (χ2v) is 11.9. The van der Waals surface area contributed by atoms with Gasteiger partial charge in [0.15, 0.2) is 11.6 Å². The summed E-state index contributed by atoms with van der Waals surface area (Å²) in [5, 5.41) is 14.5. The standard InChI is InChI=1S/C32H20BrN3O5/c33-16-9-14-24-23(15-16)32(31(39)34-24)25-27(19-5-1-3-7-21(19)29(25)37)35(17-10-12-18(13-11-17)36(40)41)28-20-6-2-4-8-22(20)30(38)26(28)32/h1-15,25-28H,(H,34,39). The molecule has 4 aromatic carbocycles. The molecule has 1 fully saturated rings. The van der Waals surface area contributed by atoms with Crippen LogP contribution in [0.3, 0.4) is 0 Å². The van der Waals surface area contributed by atoms with E-state index < -0.39 is 34.3 Å². The summed E-state index contributed by atoms with van der Waals surface area (Å²) in [7, 11) is 0. The molecule has 4 aliphatic rings. The van der Waals surface area contributed by atoms with Gasteiger partial charge in [-0.2, -0.15) is 0 Å². The van der Waals surface area contributed by atoms with Crippen LogP contribution in [0.25, 0.3) is 0 Å². The van der Waals surface area contributed by atoms with E-state index in [1.165, 1.54) is 12.1 Å². The number of fused-ring (bicyclic) bond motifs is 10. The molecule has 1 N–H and O–H groups in total. The van der Waals surface area contributed by atoms with E-state index >= 15 is 0 Å².